The van der Waals surface area contributed by atoms with Crippen molar-refractivity contribution in [3.8, 4) is 0 Å². The fourth-order valence-corrected chi connectivity index (χ4v) is 2.06. The summed E-state index contributed by atoms with van der Waals surface area (Å²) < 4.78 is 5.25. The highest BCUT2D eigenvalue weighted by Crippen LogP contribution is 2.28. The van der Waals surface area contributed by atoms with Crippen LogP contribution in [0.2, 0.25) is 0 Å². The SMILES string of the molecule is CC(C)(C)OC(=O)NC1CCCc2[nH]ncc21. The maximum atomic E-state index is 11.7. The number of carbonyl (C=O) groups is 1. The van der Waals surface area contributed by atoms with E-state index >= 15 is 0 Å². The van der Waals surface area contributed by atoms with E-state index in [0.29, 0.717) is 0 Å². The van der Waals surface area contributed by atoms with Crippen LogP contribution in [0.25, 0.3) is 0 Å². The first-order valence-corrected chi connectivity index (χ1v) is 5.97. The molecule has 1 heterocycles. The van der Waals surface area contributed by atoms with Gasteiger partial charge in [-0.3, -0.25) is 5.10 Å². The third-order valence-electron chi connectivity index (χ3n) is 2.74. The summed E-state index contributed by atoms with van der Waals surface area (Å²) in [5.41, 5.74) is 1.75. The molecule has 0 aliphatic heterocycles. The van der Waals surface area contributed by atoms with E-state index in [-0.39, 0.29) is 12.1 Å². The molecule has 0 radical (unpaired) electrons. The number of rotatable bonds is 1. The molecule has 1 atom stereocenters. The summed E-state index contributed by atoms with van der Waals surface area (Å²) in [4.78, 5) is 11.7. The van der Waals surface area contributed by atoms with E-state index in [2.05, 4.69) is 15.5 Å². The second kappa shape index (κ2) is 4.39. The van der Waals surface area contributed by atoms with E-state index < -0.39 is 5.60 Å². The van der Waals surface area contributed by atoms with Crippen LogP contribution in [0.5, 0.6) is 0 Å². The van der Waals surface area contributed by atoms with Crippen molar-refractivity contribution in [1.29, 1.82) is 0 Å². The minimum Gasteiger partial charge on any atom is -0.444 e. The molecule has 1 aliphatic carbocycles. The van der Waals surface area contributed by atoms with Gasteiger partial charge in [0.25, 0.3) is 0 Å². The minimum atomic E-state index is -0.460. The number of hydrogen-bond acceptors (Lipinski definition) is 3. The Morgan fingerprint density at radius 3 is 3.06 bits per heavy atom. The molecule has 0 spiro atoms. The van der Waals surface area contributed by atoms with Crippen molar-refractivity contribution in [2.24, 2.45) is 0 Å². The number of amides is 1. The van der Waals surface area contributed by atoms with Gasteiger partial charge in [-0.2, -0.15) is 5.10 Å². The predicted molar refractivity (Wildman–Crippen MR) is 63.6 cm³/mol. The molecule has 2 rings (SSSR count). The van der Waals surface area contributed by atoms with Crippen LogP contribution >= 0.6 is 0 Å². The molecule has 5 heteroatoms. The number of aromatic nitrogens is 2. The Balaban J connectivity index is 2.00. The van der Waals surface area contributed by atoms with Gasteiger partial charge < -0.3 is 10.1 Å². The van der Waals surface area contributed by atoms with Gasteiger partial charge in [0.2, 0.25) is 0 Å². The lowest BCUT2D eigenvalue weighted by atomic mass is 9.93. The quantitative estimate of drug-likeness (QED) is 0.787. The van der Waals surface area contributed by atoms with Gasteiger partial charge >= 0.3 is 6.09 Å². The van der Waals surface area contributed by atoms with Crippen molar-refractivity contribution < 1.29 is 9.53 Å². The fraction of sp³-hybridized carbons (Fsp3) is 0.667. The molecule has 5 nitrogen and oxygen atoms in total. The smallest absolute Gasteiger partial charge is 0.408 e. The molecule has 1 amide bonds. The van der Waals surface area contributed by atoms with Gasteiger partial charge in [0, 0.05) is 11.3 Å². The first-order chi connectivity index (χ1) is 7.96. The molecule has 1 aromatic rings. The molecule has 17 heavy (non-hydrogen) atoms. The standard InChI is InChI=1S/C12H19N3O2/c1-12(2,3)17-11(16)14-9-5-4-6-10-8(9)7-13-15-10/h7,9H,4-6H2,1-3H3,(H,13,15)(H,14,16). The van der Waals surface area contributed by atoms with Crippen LogP contribution in [0.1, 0.15) is 50.9 Å². The highest BCUT2D eigenvalue weighted by atomic mass is 16.6. The Kier molecular flexibility index (Phi) is 3.09. The van der Waals surface area contributed by atoms with Crippen LogP contribution in [0.4, 0.5) is 4.79 Å². The monoisotopic (exact) mass is 237 g/mol. The minimum absolute atomic E-state index is 0.0207. The summed E-state index contributed by atoms with van der Waals surface area (Å²) in [5, 5.41) is 9.88. The normalized spacial score (nSPS) is 19.6. The maximum Gasteiger partial charge on any atom is 0.408 e. The van der Waals surface area contributed by atoms with Crippen LogP contribution in [-0.2, 0) is 11.2 Å². The van der Waals surface area contributed by atoms with Crippen molar-refractivity contribution in [2.75, 3.05) is 0 Å². The van der Waals surface area contributed by atoms with Crippen molar-refractivity contribution in [2.45, 2.75) is 51.7 Å². The largest absolute Gasteiger partial charge is 0.444 e. The van der Waals surface area contributed by atoms with Gasteiger partial charge in [0.1, 0.15) is 5.60 Å². The van der Waals surface area contributed by atoms with Crippen molar-refractivity contribution >= 4 is 6.09 Å². The summed E-state index contributed by atoms with van der Waals surface area (Å²) in [6, 6.07) is 0.0207. The van der Waals surface area contributed by atoms with Gasteiger partial charge in [0.05, 0.1) is 12.2 Å². The molecule has 0 saturated carbocycles. The molecule has 1 aliphatic rings. The molecule has 94 valence electrons. The molecule has 0 bridgehead atoms. The molecule has 2 N–H and O–H groups in total. The van der Waals surface area contributed by atoms with Crippen molar-refractivity contribution in [1.82, 2.24) is 15.5 Å². The summed E-state index contributed by atoms with van der Waals surface area (Å²) in [5.74, 6) is 0. The average molecular weight is 237 g/mol. The average Bonchev–Trinajstić information content (AvgIpc) is 2.63. The summed E-state index contributed by atoms with van der Waals surface area (Å²) >= 11 is 0. The zero-order valence-electron chi connectivity index (χ0n) is 10.5. The van der Waals surface area contributed by atoms with Crippen LogP contribution in [0.3, 0.4) is 0 Å². The van der Waals surface area contributed by atoms with Crippen molar-refractivity contribution in [3.05, 3.63) is 17.5 Å². The van der Waals surface area contributed by atoms with Gasteiger partial charge in [0.15, 0.2) is 0 Å². The number of fused-ring (bicyclic) bond motifs is 1. The van der Waals surface area contributed by atoms with E-state index in [1.807, 2.05) is 20.8 Å². The Morgan fingerprint density at radius 2 is 2.35 bits per heavy atom. The number of nitrogens with zero attached hydrogens (tertiary/aromatic N) is 1. The van der Waals surface area contributed by atoms with Crippen LogP contribution in [0.15, 0.2) is 6.20 Å². The Labute approximate surface area is 101 Å². The van der Waals surface area contributed by atoms with Gasteiger partial charge in [-0.1, -0.05) is 0 Å². The molecule has 0 saturated heterocycles. The van der Waals surface area contributed by atoms with Gasteiger partial charge in [-0.25, -0.2) is 4.79 Å². The number of carbonyl (C=O) groups excluding carboxylic acids is 1. The summed E-state index contributed by atoms with van der Waals surface area (Å²) in [6.45, 7) is 5.57. The summed E-state index contributed by atoms with van der Waals surface area (Å²) in [7, 11) is 0. The second-order valence-corrected chi connectivity index (χ2v) is 5.39. The van der Waals surface area contributed by atoms with E-state index in [0.717, 1.165) is 30.5 Å². The Morgan fingerprint density at radius 1 is 1.59 bits per heavy atom. The molecule has 1 unspecified atom stereocenters. The number of alkyl carbamates (subject to hydrolysis) is 1. The van der Waals surface area contributed by atoms with E-state index in [1.165, 1.54) is 0 Å². The molecule has 1 aromatic heterocycles. The third kappa shape index (κ3) is 2.99. The number of H-pyrrole nitrogens is 1. The molecule has 0 aromatic carbocycles. The lowest BCUT2D eigenvalue weighted by Crippen LogP contribution is -2.36. The first-order valence-electron chi connectivity index (χ1n) is 5.97. The number of nitrogens with one attached hydrogen (secondary N) is 2. The van der Waals surface area contributed by atoms with Crippen LogP contribution < -0.4 is 5.32 Å². The van der Waals surface area contributed by atoms with Crippen LogP contribution in [0, 0.1) is 0 Å². The Hall–Kier alpha value is -1.52. The van der Waals surface area contributed by atoms with E-state index in [4.69, 9.17) is 4.74 Å². The van der Waals surface area contributed by atoms with E-state index in [1.54, 1.807) is 6.20 Å². The lowest BCUT2D eigenvalue weighted by molar-refractivity contribution is 0.0499. The maximum absolute atomic E-state index is 11.7. The second-order valence-electron chi connectivity index (χ2n) is 5.39. The number of hydrogen-bond donors (Lipinski definition) is 2. The van der Waals surface area contributed by atoms with E-state index in [9.17, 15) is 4.79 Å². The van der Waals surface area contributed by atoms with Gasteiger partial charge in [-0.05, 0) is 40.0 Å². The molecule has 0 fully saturated rings. The molecular formula is C12H19N3O2. The number of aromatic amines is 1. The topological polar surface area (TPSA) is 67.0 Å². The van der Waals surface area contributed by atoms with Gasteiger partial charge in [-0.15, -0.1) is 0 Å². The lowest BCUT2D eigenvalue weighted by Gasteiger charge is -2.25. The highest BCUT2D eigenvalue weighted by Gasteiger charge is 2.25. The highest BCUT2D eigenvalue weighted by molar-refractivity contribution is 5.68. The van der Waals surface area contributed by atoms with Crippen LogP contribution in [-0.4, -0.2) is 21.9 Å². The number of ether oxygens (including phenoxy) is 1. The first kappa shape index (κ1) is 12.0. The predicted octanol–water partition coefficient (Wildman–Crippen LogP) is 2.31. The Bertz CT molecular complexity index is 406. The third-order valence-corrected chi connectivity index (χ3v) is 2.74. The zero-order valence-corrected chi connectivity index (χ0v) is 10.5. The fourth-order valence-electron chi connectivity index (χ4n) is 2.06. The molecular weight excluding hydrogens is 218 g/mol. The van der Waals surface area contributed by atoms with Crippen molar-refractivity contribution in [3.63, 3.8) is 0 Å². The summed E-state index contributed by atoms with van der Waals surface area (Å²) in [6.07, 6.45) is 4.41. The zero-order chi connectivity index (χ0) is 12.5. The number of aryl methyl sites for hydroxylation is 1.